The molecule has 4 nitrogen and oxygen atoms in total. The van der Waals surface area contributed by atoms with Crippen LogP contribution in [0.1, 0.15) is 52.7 Å². The summed E-state index contributed by atoms with van der Waals surface area (Å²) in [6, 6.07) is 118. The normalized spacial score (nSPS) is 12.8. The maximum Gasteiger partial charge on any atom is 0.252 e. The molecule has 18 rings (SSSR count). The molecule has 0 fully saturated rings. The molecule has 0 unspecified atom stereocenters. The third-order valence-electron chi connectivity index (χ3n) is 20.5. The van der Waals surface area contributed by atoms with Gasteiger partial charge in [-0.2, -0.15) is 0 Å². The predicted molar refractivity (Wildman–Crippen MR) is 412 cm³/mol. The maximum atomic E-state index is 7.69. The molecule has 4 heterocycles. The molecule has 2 aliphatic heterocycles. The summed E-state index contributed by atoms with van der Waals surface area (Å²) in [4.78, 5) is 5.31. The highest BCUT2D eigenvalue weighted by atomic mass is 16.3. The Morgan fingerprint density at radius 3 is 1.20 bits per heavy atom. The minimum absolute atomic E-state index is 0.0488. The Morgan fingerprint density at radius 2 is 0.701 bits per heavy atom. The van der Waals surface area contributed by atoms with Crippen LogP contribution in [0.4, 0.5) is 34.1 Å². The second-order valence-corrected chi connectivity index (χ2v) is 28.3. The predicted octanol–water partition coefficient (Wildman–Crippen LogP) is 23.4. The second kappa shape index (κ2) is 22.5. The molecule has 0 atom stereocenters. The number of aromatic nitrogens is 1. The van der Waals surface area contributed by atoms with Gasteiger partial charge in [-0.25, -0.2) is 0 Å². The molecule has 0 bridgehead atoms. The molecule has 0 amide bonds. The Balaban J connectivity index is 1.06. The average molecular weight is 1240 g/mol. The summed E-state index contributed by atoms with van der Waals surface area (Å²) in [5.41, 5.74) is 31.1. The lowest BCUT2D eigenvalue weighted by molar-refractivity contribution is 0.590. The molecule has 462 valence electrons. The Morgan fingerprint density at radius 1 is 0.289 bits per heavy atom. The van der Waals surface area contributed by atoms with Gasteiger partial charge in [0.05, 0.1) is 28.1 Å². The lowest BCUT2D eigenvalue weighted by atomic mass is 9.33. The van der Waals surface area contributed by atoms with Crippen LogP contribution >= 0.6 is 0 Å². The van der Waals surface area contributed by atoms with Gasteiger partial charge >= 0.3 is 0 Å². The fraction of sp³-hybridized carbons (Fsp3) is 0.0870. The molecule has 0 saturated carbocycles. The van der Waals surface area contributed by atoms with Crippen molar-refractivity contribution < 1.29 is 4.42 Å². The number of nitrogens with zero attached hydrogens (tertiary/aromatic N) is 3. The smallest absolute Gasteiger partial charge is 0.252 e. The highest BCUT2D eigenvalue weighted by molar-refractivity contribution is 7.00. The van der Waals surface area contributed by atoms with Gasteiger partial charge in [-0.15, -0.1) is 0 Å². The zero-order chi connectivity index (χ0) is 65.3. The Hall–Kier alpha value is -11.7. The van der Waals surface area contributed by atoms with Crippen molar-refractivity contribution in [1.82, 2.24) is 4.57 Å². The monoisotopic (exact) mass is 1240 g/mol. The number of hydrogen-bond acceptors (Lipinski definition) is 3. The Labute approximate surface area is 567 Å². The molecule has 14 aromatic carbocycles. The standard InChI is InChI=1S/C92H70BN3O/c1-91(2,3)65-49-45-63(46-50-65)70-40-26-41-71(64-47-51-66(52-48-64)92(4,5)6)88(70)96-82-54-53-67(94-80-42-22-19-35-72(80)73-36-20-23-43-81(73)94)55-78(82)93-79-56-75(61-31-15-9-16-32-61)76(62-33-17-10-18-34-62)57-83(79)95(84-58-77-74-37-21-24-44-85(74)97-90(77)89(96)86(84)93)87-68(59-27-11-7-12-28-59)38-25-39-69(87)60-29-13-8-14-30-60/h7-58H,1-6H3. The molecule has 2 aromatic heterocycles. The summed E-state index contributed by atoms with van der Waals surface area (Å²) >= 11 is 0. The minimum atomic E-state index is -0.350. The van der Waals surface area contributed by atoms with Gasteiger partial charge in [0.25, 0.3) is 6.71 Å². The third kappa shape index (κ3) is 9.42. The molecule has 0 aliphatic carbocycles. The summed E-state index contributed by atoms with van der Waals surface area (Å²) in [7, 11) is 0. The van der Waals surface area contributed by atoms with E-state index in [4.69, 9.17) is 4.42 Å². The summed E-state index contributed by atoms with van der Waals surface area (Å²) in [5.74, 6) is 0. The van der Waals surface area contributed by atoms with E-state index in [0.29, 0.717) is 0 Å². The Bertz CT molecular complexity index is 5570. The van der Waals surface area contributed by atoms with E-state index in [2.05, 4.69) is 371 Å². The van der Waals surface area contributed by atoms with Gasteiger partial charge < -0.3 is 18.8 Å². The molecule has 97 heavy (non-hydrogen) atoms. The number of hydrogen-bond donors (Lipinski definition) is 0. The summed E-state index contributed by atoms with van der Waals surface area (Å²) < 4.78 is 10.2. The fourth-order valence-electron chi connectivity index (χ4n) is 15.8. The van der Waals surface area contributed by atoms with E-state index >= 15 is 0 Å². The SMILES string of the molecule is CC(C)(C)c1ccc(-c2cccc(-c3ccc(C(C)(C)C)cc3)c2N2c3ccc(-n4c5ccccc5c5ccccc54)cc3B3c4cc(-c5ccccc5)c(-c5ccccc5)cc4N(c4c(-c5ccccc5)cccc4-c4ccccc4)c4cc5c(oc6ccccc65)c2c43)cc1. The van der Waals surface area contributed by atoms with E-state index < -0.39 is 0 Å². The first-order chi connectivity index (χ1) is 47.4. The van der Waals surface area contributed by atoms with Crippen molar-refractivity contribution in [2.24, 2.45) is 0 Å². The van der Waals surface area contributed by atoms with Crippen molar-refractivity contribution in [1.29, 1.82) is 0 Å². The van der Waals surface area contributed by atoms with Crippen molar-refractivity contribution in [2.75, 3.05) is 9.80 Å². The molecule has 0 saturated heterocycles. The number of rotatable bonds is 9. The third-order valence-corrected chi connectivity index (χ3v) is 20.5. The van der Waals surface area contributed by atoms with Crippen molar-refractivity contribution >= 4 is 101 Å². The summed E-state index contributed by atoms with van der Waals surface area (Å²) in [6.45, 7) is 13.5. The van der Waals surface area contributed by atoms with Crippen molar-refractivity contribution in [3.05, 3.63) is 327 Å². The van der Waals surface area contributed by atoms with Crippen LogP contribution in [0, 0.1) is 0 Å². The lowest BCUT2D eigenvalue weighted by Crippen LogP contribution is -2.61. The molecular formula is C92H70BN3O. The quantitative estimate of drug-likeness (QED) is 0.135. The average Bonchev–Trinajstić information content (AvgIpc) is 1.61. The molecule has 5 heteroatoms. The number of anilines is 6. The first-order valence-electron chi connectivity index (χ1n) is 34.0. The van der Waals surface area contributed by atoms with E-state index in [-0.39, 0.29) is 17.5 Å². The number of para-hydroxylation sites is 5. The first kappa shape index (κ1) is 58.0. The summed E-state index contributed by atoms with van der Waals surface area (Å²) in [6.07, 6.45) is 0. The van der Waals surface area contributed by atoms with E-state index in [9.17, 15) is 0 Å². The van der Waals surface area contributed by atoms with Crippen LogP contribution in [0.5, 0.6) is 0 Å². The van der Waals surface area contributed by atoms with Crippen LogP contribution in [0.2, 0.25) is 0 Å². The van der Waals surface area contributed by atoms with Crippen LogP contribution in [0.25, 0.3) is 116 Å². The maximum absolute atomic E-state index is 7.69. The molecule has 2 aliphatic rings. The highest BCUT2D eigenvalue weighted by Crippen LogP contribution is 2.56. The second-order valence-electron chi connectivity index (χ2n) is 28.3. The fourth-order valence-corrected chi connectivity index (χ4v) is 15.8. The van der Waals surface area contributed by atoms with E-state index in [1.807, 2.05) is 0 Å². The van der Waals surface area contributed by atoms with Crippen LogP contribution < -0.4 is 26.2 Å². The molecule has 0 radical (unpaired) electrons. The van der Waals surface area contributed by atoms with E-state index in [1.54, 1.807) is 0 Å². The van der Waals surface area contributed by atoms with Crippen LogP contribution in [-0.2, 0) is 10.8 Å². The minimum Gasteiger partial charge on any atom is -0.454 e. The largest absolute Gasteiger partial charge is 0.454 e. The number of furan rings is 1. The Kier molecular flexibility index (Phi) is 13.4. The van der Waals surface area contributed by atoms with Gasteiger partial charge in [-0.1, -0.05) is 308 Å². The van der Waals surface area contributed by atoms with Gasteiger partial charge in [0, 0.05) is 66.5 Å². The zero-order valence-electron chi connectivity index (χ0n) is 55.3. The van der Waals surface area contributed by atoms with E-state index in [1.165, 1.54) is 32.8 Å². The van der Waals surface area contributed by atoms with Gasteiger partial charge in [0.15, 0.2) is 5.58 Å². The van der Waals surface area contributed by atoms with Gasteiger partial charge in [-0.05, 0) is 131 Å². The van der Waals surface area contributed by atoms with Gasteiger partial charge in [-0.3, -0.25) is 0 Å². The summed E-state index contributed by atoms with van der Waals surface area (Å²) in [5, 5.41) is 4.53. The number of benzene rings is 14. The van der Waals surface area contributed by atoms with E-state index in [0.717, 1.165) is 145 Å². The van der Waals surface area contributed by atoms with Crippen molar-refractivity contribution in [3.63, 3.8) is 0 Å². The highest BCUT2D eigenvalue weighted by Gasteiger charge is 2.47. The molecule has 0 N–H and O–H groups in total. The van der Waals surface area contributed by atoms with Crippen LogP contribution in [0.3, 0.4) is 0 Å². The topological polar surface area (TPSA) is 24.6 Å². The van der Waals surface area contributed by atoms with Crippen LogP contribution in [0.15, 0.2) is 320 Å². The lowest BCUT2D eigenvalue weighted by Gasteiger charge is -2.46. The van der Waals surface area contributed by atoms with Crippen molar-refractivity contribution in [2.45, 2.75) is 52.4 Å². The molecule has 16 aromatic rings. The van der Waals surface area contributed by atoms with Gasteiger partial charge in [0.1, 0.15) is 5.58 Å². The number of fused-ring (bicyclic) bond motifs is 11. The first-order valence-corrected chi connectivity index (χ1v) is 34.0. The molecular weight excluding hydrogens is 1170 g/mol. The zero-order valence-corrected chi connectivity index (χ0v) is 55.3. The van der Waals surface area contributed by atoms with Crippen LogP contribution in [-0.4, -0.2) is 11.3 Å². The molecule has 0 spiro atoms. The van der Waals surface area contributed by atoms with Gasteiger partial charge in [0.2, 0.25) is 0 Å². The van der Waals surface area contributed by atoms with Crippen molar-refractivity contribution in [3.8, 4) is 72.4 Å².